The van der Waals surface area contributed by atoms with Gasteiger partial charge in [-0.3, -0.25) is 4.79 Å². The molecule has 3 rings (SSSR count). The van der Waals surface area contributed by atoms with Crippen molar-refractivity contribution in [3.63, 3.8) is 0 Å². The molecule has 0 radical (unpaired) electrons. The van der Waals surface area contributed by atoms with E-state index in [4.69, 9.17) is 23.7 Å². The summed E-state index contributed by atoms with van der Waals surface area (Å²) in [5, 5.41) is 9.92. The summed E-state index contributed by atoms with van der Waals surface area (Å²) in [5.74, 6) is -0.483. The van der Waals surface area contributed by atoms with E-state index >= 15 is 0 Å². The van der Waals surface area contributed by atoms with Crippen molar-refractivity contribution in [2.45, 2.75) is 50.8 Å². The fourth-order valence-corrected chi connectivity index (χ4v) is 3.46. The first-order chi connectivity index (χ1) is 14.6. The predicted molar refractivity (Wildman–Crippen MR) is 108 cm³/mol. The van der Waals surface area contributed by atoms with E-state index in [1.54, 1.807) is 0 Å². The first-order valence-corrected chi connectivity index (χ1v) is 9.89. The molecule has 30 heavy (non-hydrogen) atoms. The summed E-state index contributed by atoms with van der Waals surface area (Å²) in [5.41, 5.74) is 1.93. The van der Waals surface area contributed by atoms with E-state index in [0.29, 0.717) is 6.61 Å². The Morgan fingerprint density at radius 1 is 0.900 bits per heavy atom. The summed E-state index contributed by atoms with van der Waals surface area (Å²) >= 11 is 0. The second-order valence-corrected chi connectivity index (χ2v) is 7.06. The van der Waals surface area contributed by atoms with Gasteiger partial charge in [-0.05, 0) is 11.1 Å². The third kappa shape index (κ3) is 5.87. The monoisotopic (exact) mass is 416 g/mol. The number of benzene rings is 2. The van der Waals surface area contributed by atoms with Crippen LogP contribution in [0.3, 0.4) is 0 Å². The SMILES string of the molecule is CO[C@@H]1O[C@H](CO)[C@@H](OCc2ccccc2)[C@H](OCc2ccccc2)[C@H]1OC(C)=O. The van der Waals surface area contributed by atoms with Gasteiger partial charge in [-0.1, -0.05) is 60.7 Å². The van der Waals surface area contributed by atoms with Crippen LogP contribution in [0.1, 0.15) is 18.1 Å². The van der Waals surface area contributed by atoms with Gasteiger partial charge >= 0.3 is 5.97 Å². The number of aliphatic hydroxyl groups is 1. The van der Waals surface area contributed by atoms with Gasteiger partial charge in [-0.15, -0.1) is 0 Å². The molecule has 0 amide bonds. The summed E-state index contributed by atoms with van der Waals surface area (Å²) in [6.45, 7) is 1.60. The molecule has 0 saturated carbocycles. The highest BCUT2D eigenvalue weighted by Crippen LogP contribution is 2.30. The molecule has 2 aromatic carbocycles. The van der Waals surface area contributed by atoms with Gasteiger partial charge in [0.1, 0.15) is 18.3 Å². The van der Waals surface area contributed by atoms with Crippen LogP contribution >= 0.6 is 0 Å². The molecule has 1 aliphatic heterocycles. The van der Waals surface area contributed by atoms with Crippen LogP contribution in [0.15, 0.2) is 60.7 Å². The van der Waals surface area contributed by atoms with Crippen molar-refractivity contribution in [3.8, 4) is 0 Å². The number of rotatable bonds is 9. The highest BCUT2D eigenvalue weighted by molar-refractivity contribution is 5.66. The van der Waals surface area contributed by atoms with E-state index < -0.39 is 36.7 Å². The summed E-state index contributed by atoms with van der Waals surface area (Å²) in [4.78, 5) is 11.8. The van der Waals surface area contributed by atoms with Crippen molar-refractivity contribution >= 4 is 5.97 Å². The number of aliphatic hydroxyl groups excluding tert-OH is 1. The second kappa shape index (κ2) is 11.2. The van der Waals surface area contributed by atoms with E-state index in [2.05, 4.69) is 0 Å². The molecular weight excluding hydrogens is 388 g/mol. The lowest BCUT2D eigenvalue weighted by Gasteiger charge is -2.44. The van der Waals surface area contributed by atoms with E-state index in [1.807, 2.05) is 60.7 Å². The fourth-order valence-electron chi connectivity index (χ4n) is 3.46. The molecule has 1 saturated heterocycles. The highest BCUT2D eigenvalue weighted by atomic mass is 16.7. The minimum atomic E-state index is -0.886. The zero-order valence-electron chi connectivity index (χ0n) is 17.2. The molecule has 162 valence electrons. The average Bonchev–Trinajstić information content (AvgIpc) is 2.77. The Labute approximate surface area is 176 Å². The van der Waals surface area contributed by atoms with Crippen molar-refractivity contribution in [1.82, 2.24) is 0 Å². The summed E-state index contributed by atoms with van der Waals surface area (Å²) in [6, 6.07) is 19.3. The summed E-state index contributed by atoms with van der Waals surface area (Å²) in [6.07, 6.45) is -3.81. The Hall–Kier alpha value is -2.29. The fraction of sp³-hybridized carbons (Fsp3) is 0.435. The van der Waals surface area contributed by atoms with Crippen molar-refractivity contribution in [2.24, 2.45) is 0 Å². The lowest BCUT2D eigenvalue weighted by molar-refractivity contribution is -0.313. The first-order valence-electron chi connectivity index (χ1n) is 9.89. The van der Waals surface area contributed by atoms with Crippen LogP contribution in [0.25, 0.3) is 0 Å². The van der Waals surface area contributed by atoms with Crippen molar-refractivity contribution in [3.05, 3.63) is 71.8 Å². The lowest BCUT2D eigenvalue weighted by Crippen LogP contribution is -2.61. The van der Waals surface area contributed by atoms with Crippen molar-refractivity contribution < 1.29 is 33.6 Å². The smallest absolute Gasteiger partial charge is 0.303 e. The van der Waals surface area contributed by atoms with Crippen LogP contribution in [0, 0.1) is 0 Å². The zero-order valence-corrected chi connectivity index (χ0v) is 17.2. The van der Waals surface area contributed by atoms with Gasteiger partial charge in [-0.25, -0.2) is 0 Å². The molecule has 0 unspecified atom stereocenters. The normalized spacial score (nSPS) is 26.3. The Balaban J connectivity index is 1.83. The van der Waals surface area contributed by atoms with Gasteiger partial charge in [0, 0.05) is 14.0 Å². The Bertz CT molecular complexity index is 768. The number of hydrogen-bond acceptors (Lipinski definition) is 7. The molecule has 5 atom stereocenters. The van der Waals surface area contributed by atoms with Gasteiger partial charge < -0.3 is 28.8 Å². The Morgan fingerprint density at radius 2 is 1.43 bits per heavy atom. The van der Waals surface area contributed by atoms with Crippen LogP contribution in [0.5, 0.6) is 0 Å². The van der Waals surface area contributed by atoms with Gasteiger partial charge in [-0.2, -0.15) is 0 Å². The molecule has 1 fully saturated rings. The quantitative estimate of drug-likeness (QED) is 0.629. The third-order valence-electron chi connectivity index (χ3n) is 4.88. The first kappa shape index (κ1) is 22.4. The maximum Gasteiger partial charge on any atom is 0.303 e. The summed E-state index contributed by atoms with van der Waals surface area (Å²) < 4.78 is 29.0. The standard InChI is InChI=1S/C23H28O7/c1-16(25)29-22-21(28-15-18-11-7-4-8-12-18)20(19(13-24)30-23(22)26-2)27-14-17-9-5-3-6-10-17/h3-12,19-24H,13-15H2,1-2H3/t19-,20-,21+,22-,23-/m1/s1. The highest BCUT2D eigenvalue weighted by Gasteiger charge is 2.49. The number of ether oxygens (including phenoxy) is 5. The van der Waals surface area contributed by atoms with E-state index in [-0.39, 0.29) is 13.2 Å². The molecule has 1 heterocycles. The topological polar surface area (TPSA) is 83.5 Å². The molecule has 2 aromatic rings. The van der Waals surface area contributed by atoms with Gasteiger partial charge in [0.25, 0.3) is 0 Å². The number of hydrogen-bond donors (Lipinski definition) is 1. The minimum Gasteiger partial charge on any atom is -0.454 e. The average molecular weight is 416 g/mol. The third-order valence-corrected chi connectivity index (χ3v) is 4.88. The Morgan fingerprint density at radius 3 is 1.90 bits per heavy atom. The van der Waals surface area contributed by atoms with Crippen LogP contribution in [-0.4, -0.2) is 55.5 Å². The van der Waals surface area contributed by atoms with Crippen LogP contribution in [0.2, 0.25) is 0 Å². The predicted octanol–water partition coefficient (Wildman–Crippen LogP) is 2.45. The summed E-state index contributed by atoms with van der Waals surface area (Å²) in [7, 11) is 1.45. The molecular formula is C23H28O7. The Kier molecular flexibility index (Phi) is 8.36. The van der Waals surface area contributed by atoms with Gasteiger partial charge in [0.2, 0.25) is 0 Å². The second-order valence-electron chi connectivity index (χ2n) is 7.06. The van der Waals surface area contributed by atoms with E-state index in [0.717, 1.165) is 11.1 Å². The number of carbonyl (C=O) groups is 1. The number of methoxy groups -OCH3 is 1. The number of esters is 1. The lowest BCUT2D eigenvalue weighted by atomic mass is 9.98. The van der Waals surface area contributed by atoms with Crippen molar-refractivity contribution in [1.29, 1.82) is 0 Å². The van der Waals surface area contributed by atoms with Gasteiger partial charge in [0.05, 0.1) is 19.8 Å². The minimum absolute atomic E-state index is 0.281. The van der Waals surface area contributed by atoms with Gasteiger partial charge in [0.15, 0.2) is 12.4 Å². The molecule has 7 nitrogen and oxygen atoms in total. The van der Waals surface area contributed by atoms with Crippen LogP contribution < -0.4 is 0 Å². The molecule has 1 aliphatic rings. The largest absolute Gasteiger partial charge is 0.454 e. The molecule has 0 bridgehead atoms. The maximum absolute atomic E-state index is 11.8. The van der Waals surface area contributed by atoms with Crippen molar-refractivity contribution in [2.75, 3.05) is 13.7 Å². The number of carbonyl (C=O) groups excluding carboxylic acids is 1. The molecule has 0 spiro atoms. The maximum atomic E-state index is 11.8. The van der Waals surface area contributed by atoms with E-state index in [9.17, 15) is 9.90 Å². The molecule has 7 heteroatoms. The van der Waals surface area contributed by atoms with Crippen LogP contribution in [-0.2, 0) is 41.7 Å². The van der Waals surface area contributed by atoms with Crippen LogP contribution in [0.4, 0.5) is 0 Å². The molecule has 1 N–H and O–H groups in total. The van der Waals surface area contributed by atoms with E-state index in [1.165, 1.54) is 14.0 Å². The molecule has 0 aliphatic carbocycles. The zero-order chi connectivity index (χ0) is 21.3. The molecule has 0 aromatic heterocycles.